The highest BCUT2D eigenvalue weighted by Crippen LogP contribution is 2.22. The maximum atomic E-state index is 2.36. The highest BCUT2D eigenvalue weighted by molar-refractivity contribution is 5.27. The van der Waals surface area contributed by atoms with Crippen molar-refractivity contribution in [3.8, 4) is 0 Å². The molecule has 2 rings (SSSR count). The van der Waals surface area contributed by atoms with Gasteiger partial charge in [0, 0.05) is 13.1 Å². The predicted molar refractivity (Wildman–Crippen MR) is 91.5 cm³/mol. The van der Waals surface area contributed by atoms with E-state index in [-0.39, 0.29) is 5.41 Å². The first kappa shape index (κ1) is 15.8. The molecule has 0 aliphatic rings. The van der Waals surface area contributed by atoms with E-state index in [0.717, 1.165) is 13.1 Å². The molecule has 2 aromatic carbocycles. The Bertz CT molecular complexity index is 576. The number of hydrogen-bond acceptors (Lipinski definition) is 1. The molecule has 0 aliphatic heterocycles. The van der Waals surface area contributed by atoms with E-state index >= 15 is 0 Å². The lowest BCUT2D eigenvalue weighted by Crippen LogP contribution is -2.17. The van der Waals surface area contributed by atoms with E-state index in [0.29, 0.717) is 0 Å². The second-order valence-electron chi connectivity index (χ2n) is 7.11. The lowest BCUT2D eigenvalue weighted by atomic mass is 9.87. The minimum absolute atomic E-state index is 0.228. The van der Waals surface area contributed by atoms with Crippen molar-refractivity contribution in [1.82, 2.24) is 4.90 Å². The molecule has 0 heterocycles. The van der Waals surface area contributed by atoms with Gasteiger partial charge in [-0.3, -0.25) is 4.90 Å². The minimum Gasteiger partial charge on any atom is -0.298 e. The van der Waals surface area contributed by atoms with E-state index in [1.54, 1.807) is 0 Å². The summed E-state index contributed by atoms with van der Waals surface area (Å²) in [6, 6.07) is 17.8. The van der Waals surface area contributed by atoms with Gasteiger partial charge in [0.05, 0.1) is 0 Å². The molecule has 0 unspecified atom stereocenters. The number of aryl methyl sites for hydroxylation is 1. The van der Waals surface area contributed by atoms with Crippen LogP contribution in [0.5, 0.6) is 0 Å². The summed E-state index contributed by atoms with van der Waals surface area (Å²) in [5, 5.41) is 0. The fourth-order valence-electron chi connectivity index (χ4n) is 2.60. The Morgan fingerprint density at radius 2 is 1.48 bits per heavy atom. The average molecular weight is 281 g/mol. The van der Waals surface area contributed by atoms with Crippen molar-refractivity contribution in [3.63, 3.8) is 0 Å². The van der Waals surface area contributed by atoms with Crippen molar-refractivity contribution in [3.05, 3.63) is 70.8 Å². The first-order valence-electron chi connectivity index (χ1n) is 7.68. The van der Waals surface area contributed by atoms with Crippen LogP contribution in [-0.4, -0.2) is 11.9 Å². The summed E-state index contributed by atoms with van der Waals surface area (Å²) in [5.74, 6) is 0. The Hall–Kier alpha value is -1.60. The lowest BCUT2D eigenvalue weighted by molar-refractivity contribution is 0.319. The molecule has 1 nitrogen and oxygen atoms in total. The molecule has 0 saturated heterocycles. The highest BCUT2D eigenvalue weighted by atomic mass is 15.1. The zero-order valence-electron chi connectivity index (χ0n) is 14.0. The third kappa shape index (κ3) is 4.71. The third-order valence-corrected chi connectivity index (χ3v) is 3.81. The number of benzene rings is 2. The van der Waals surface area contributed by atoms with Gasteiger partial charge in [-0.15, -0.1) is 0 Å². The van der Waals surface area contributed by atoms with Crippen LogP contribution in [0.1, 0.15) is 43.0 Å². The SMILES string of the molecule is Cc1cccc(CN(C)Cc2ccc(C(C)(C)C)cc2)c1. The Labute approximate surface area is 129 Å². The van der Waals surface area contributed by atoms with Crippen molar-refractivity contribution in [2.45, 2.75) is 46.2 Å². The van der Waals surface area contributed by atoms with Gasteiger partial charge in [0.25, 0.3) is 0 Å². The van der Waals surface area contributed by atoms with E-state index in [1.807, 2.05) is 0 Å². The molecule has 0 fully saturated rings. The number of nitrogens with zero attached hydrogens (tertiary/aromatic N) is 1. The normalized spacial score (nSPS) is 11.9. The molecule has 112 valence electrons. The molecule has 21 heavy (non-hydrogen) atoms. The van der Waals surface area contributed by atoms with Crippen LogP contribution < -0.4 is 0 Å². The van der Waals surface area contributed by atoms with Gasteiger partial charge in [0.2, 0.25) is 0 Å². The summed E-state index contributed by atoms with van der Waals surface area (Å²) in [6.07, 6.45) is 0. The van der Waals surface area contributed by atoms with Crippen LogP contribution in [0.2, 0.25) is 0 Å². The highest BCUT2D eigenvalue weighted by Gasteiger charge is 2.13. The predicted octanol–water partition coefficient (Wildman–Crippen LogP) is 4.92. The Morgan fingerprint density at radius 1 is 0.857 bits per heavy atom. The number of hydrogen-bond donors (Lipinski definition) is 0. The molecule has 0 atom stereocenters. The largest absolute Gasteiger partial charge is 0.298 e. The first-order valence-corrected chi connectivity index (χ1v) is 7.68. The zero-order valence-corrected chi connectivity index (χ0v) is 14.0. The van der Waals surface area contributed by atoms with Gasteiger partial charge in [-0.05, 0) is 36.1 Å². The maximum Gasteiger partial charge on any atom is 0.0234 e. The summed E-state index contributed by atoms with van der Waals surface area (Å²) in [7, 11) is 2.18. The van der Waals surface area contributed by atoms with Crippen LogP contribution in [0.15, 0.2) is 48.5 Å². The molecule has 0 bridgehead atoms. The van der Waals surface area contributed by atoms with Gasteiger partial charge in [-0.1, -0.05) is 74.9 Å². The smallest absolute Gasteiger partial charge is 0.0234 e. The van der Waals surface area contributed by atoms with Crippen LogP contribution in [0.25, 0.3) is 0 Å². The Morgan fingerprint density at radius 3 is 2.05 bits per heavy atom. The van der Waals surface area contributed by atoms with Crippen molar-refractivity contribution in [2.24, 2.45) is 0 Å². The van der Waals surface area contributed by atoms with E-state index in [2.05, 4.69) is 88.2 Å². The van der Waals surface area contributed by atoms with Crippen molar-refractivity contribution in [2.75, 3.05) is 7.05 Å². The van der Waals surface area contributed by atoms with E-state index in [4.69, 9.17) is 0 Å². The van der Waals surface area contributed by atoms with Gasteiger partial charge in [-0.25, -0.2) is 0 Å². The maximum absolute atomic E-state index is 2.36. The molecule has 0 radical (unpaired) electrons. The van der Waals surface area contributed by atoms with Crippen LogP contribution in [-0.2, 0) is 18.5 Å². The molecule has 0 spiro atoms. The molecule has 1 heteroatoms. The van der Waals surface area contributed by atoms with E-state index in [9.17, 15) is 0 Å². The monoisotopic (exact) mass is 281 g/mol. The van der Waals surface area contributed by atoms with E-state index < -0.39 is 0 Å². The molecule has 0 N–H and O–H groups in total. The second-order valence-corrected chi connectivity index (χ2v) is 7.11. The van der Waals surface area contributed by atoms with Crippen LogP contribution in [0.3, 0.4) is 0 Å². The van der Waals surface area contributed by atoms with Crippen LogP contribution in [0, 0.1) is 6.92 Å². The van der Waals surface area contributed by atoms with Gasteiger partial charge < -0.3 is 0 Å². The molecule has 0 amide bonds. The summed E-state index contributed by atoms with van der Waals surface area (Å²) in [4.78, 5) is 2.36. The van der Waals surface area contributed by atoms with Crippen molar-refractivity contribution < 1.29 is 0 Å². The molecule has 2 aromatic rings. The van der Waals surface area contributed by atoms with Gasteiger partial charge in [-0.2, -0.15) is 0 Å². The zero-order chi connectivity index (χ0) is 15.5. The summed E-state index contributed by atoms with van der Waals surface area (Å²) >= 11 is 0. The first-order chi connectivity index (χ1) is 9.84. The Balaban J connectivity index is 1.98. The molecular weight excluding hydrogens is 254 g/mol. The fraction of sp³-hybridized carbons (Fsp3) is 0.400. The van der Waals surface area contributed by atoms with Crippen LogP contribution >= 0.6 is 0 Å². The van der Waals surface area contributed by atoms with Crippen molar-refractivity contribution in [1.29, 1.82) is 0 Å². The van der Waals surface area contributed by atoms with Crippen LogP contribution in [0.4, 0.5) is 0 Å². The summed E-state index contributed by atoms with van der Waals surface area (Å²) < 4.78 is 0. The van der Waals surface area contributed by atoms with Gasteiger partial charge >= 0.3 is 0 Å². The third-order valence-electron chi connectivity index (χ3n) is 3.81. The number of rotatable bonds is 4. The Kier molecular flexibility index (Phi) is 4.84. The second kappa shape index (κ2) is 6.44. The standard InChI is InChI=1S/C20H27N/c1-16-7-6-8-18(13-16)15-21(5)14-17-9-11-19(12-10-17)20(2,3)4/h6-13H,14-15H2,1-5H3. The molecular formula is C20H27N. The molecule has 0 saturated carbocycles. The quantitative estimate of drug-likeness (QED) is 0.768. The lowest BCUT2D eigenvalue weighted by Gasteiger charge is -2.21. The van der Waals surface area contributed by atoms with Gasteiger partial charge in [0.15, 0.2) is 0 Å². The minimum atomic E-state index is 0.228. The van der Waals surface area contributed by atoms with E-state index in [1.165, 1.54) is 22.3 Å². The topological polar surface area (TPSA) is 3.24 Å². The van der Waals surface area contributed by atoms with Crippen molar-refractivity contribution >= 4 is 0 Å². The average Bonchev–Trinajstić information content (AvgIpc) is 2.38. The molecule has 0 aliphatic carbocycles. The fourth-order valence-corrected chi connectivity index (χ4v) is 2.60. The molecule has 0 aromatic heterocycles. The summed E-state index contributed by atoms with van der Waals surface area (Å²) in [5.41, 5.74) is 5.71. The van der Waals surface area contributed by atoms with Gasteiger partial charge in [0.1, 0.15) is 0 Å². The summed E-state index contributed by atoms with van der Waals surface area (Å²) in [6.45, 7) is 10.9.